The van der Waals surface area contributed by atoms with Gasteiger partial charge in [0.15, 0.2) is 0 Å². The van der Waals surface area contributed by atoms with Crippen LogP contribution in [-0.4, -0.2) is 59.6 Å². The molecular weight excluding hydrogens is 216 g/mol. The fraction of sp³-hybridized carbons (Fsp3) is 0.923. The van der Waals surface area contributed by atoms with E-state index in [4.69, 9.17) is 0 Å². The van der Waals surface area contributed by atoms with E-state index in [0.29, 0.717) is 13.1 Å². The summed E-state index contributed by atoms with van der Waals surface area (Å²) in [6.45, 7) is 6.18. The highest BCUT2D eigenvalue weighted by Crippen LogP contribution is 2.17. The van der Waals surface area contributed by atoms with E-state index in [0.717, 1.165) is 51.2 Å². The second kappa shape index (κ2) is 5.83. The molecule has 1 N–H and O–H groups in total. The van der Waals surface area contributed by atoms with Gasteiger partial charge in [-0.2, -0.15) is 0 Å². The van der Waals surface area contributed by atoms with E-state index in [-0.39, 0.29) is 12.0 Å². The molecular formula is C13H24N2O2. The van der Waals surface area contributed by atoms with Gasteiger partial charge in [0.1, 0.15) is 0 Å². The number of piperidine rings is 2. The van der Waals surface area contributed by atoms with Gasteiger partial charge in [-0.15, -0.1) is 0 Å². The van der Waals surface area contributed by atoms with Crippen LogP contribution in [0.3, 0.4) is 0 Å². The first-order valence-electron chi connectivity index (χ1n) is 6.83. The van der Waals surface area contributed by atoms with Gasteiger partial charge < -0.3 is 10.0 Å². The van der Waals surface area contributed by atoms with E-state index in [2.05, 4.69) is 11.8 Å². The van der Waals surface area contributed by atoms with Crippen molar-refractivity contribution in [3.05, 3.63) is 0 Å². The molecule has 2 fully saturated rings. The van der Waals surface area contributed by atoms with Gasteiger partial charge in [0.25, 0.3) is 0 Å². The van der Waals surface area contributed by atoms with E-state index in [1.54, 1.807) is 0 Å². The Bertz CT molecular complexity index is 262. The number of carbonyl (C=O) groups is 1. The average Bonchev–Trinajstić information content (AvgIpc) is 2.29. The van der Waals surface area contributed by atoms with Crippen molar-refractivity contribution in [3.8, 4) is 0 Å². The molecule has 1 amide bonds. The molecule has 2 rings (SSSR count). The quantitative estimate of drug-likeness (QED) is 0.773. The molecule has 0 aromatic heterocycles. The number of nitrogens with zero attached hydrogens (tertiary/aromatic N) is 2. The van der Waals surface area contributed by atoms with Crippen LogP contribution in [0.2, 0.25) is 0 Å². The molecule has 0 spiro atoms. The molecule has 98 valence electrons. The number of hydrogen-bond acceptors (Lipinski definition) is 3. The molecule has 0 aromatic rings. The number of amides is 1. The highest BCUT2D eigenvalue weighted by atomic mass is 16.3. The van der Waals surface area contributed by atoms with E-state index >= 15 is 0 Å². The molecule has 0 unspecified atom stereocenters. The lowest BCUT2D eigenvalue weighted by Crippen LogP contribution is -2.47. The monoisotopic (exact) mass is 240 g/mol. The summed E-state index contributed by atoms with van der Waals surface area (Å²) in [7, 11) is 0. The molecule has 17 heavy (non-hydrogen) atoms. The Morgan fingerprint density at radius 2 is 1.94 bits per heavy atom. The molecule has 2 heterocycles. The Morgan fingerprint density at radius 3 is 2.59 bits per heavy atom. The van der Waals surface area contributed by atoms with Crippen LogP contribution in [0, 0.1) is 5.92 Å². The van der Waals surface area contributed by atoms with Gasteiger partial charge in [-0.1, -0.05) is 6.92 Å². The number of carbonyl (C=O) groups excluding carboxylic acids is 1. The first-order chi connectivity index (χ1) is 8.15. The molecule has 0 radical (unpaired) electrons. The Balaban J connectivity index is 1.76. The summed E-state index contributed by atoms with van der Waals surface area (Å²) >= 11 is 0. The Labute approximate surface area is 104 Å². The lowest BCUT2D eigenvalue weighted by Gasteiger charge is -2.34. The molecule has 0 aromatic carbocycles. The maximum absolute atomic E-state index is 12.1. The van der Waals surface area contributed by atoms with Gasteiger partial charge in [-0.05, 0) is 38.1 Å². The van der Waals surface area contributed by atoms with Crippen LogP contribution in [0.25, 0.3) is 0 Å². The van der Waals surface area contributed by atoms with Crippen LogP contribution in [0.4, 0.5) is 0 Å². The average molecular weight is 240 g/mol. The Hall–Kier alpha value is -0.610. The SMILES string of the molecule is CC1CCN(C(=O)CN2CCC[C@@H](O)C2)CC1. The van der Waals surface area contributed by atoms with Gasteiger partial charge >= 0.3 is 0 Å². The second-order valence-corrected chi connectivity index (χ2v) is 5.59. The van der Waals surface area contributed by atoms with Crippen molar-refractivity contribution in [2.75, 3.05) is 32.7 Å². The molecule has 0 bridgehead atoms. The summed E-state index contributed by atoms with van der Waals surface area (Å²) in [6.07, 6.45) is 3.91. The predicted octanol–water partition coefficient (Wildman–Crippen LogP) is 0.702. The van der Waals surface area contributed by atoms with Gasteiger partial charge in [0.2, 0.25) is 5.91 Å². The molecule has 2 aliphatic rings. The van der Waals surface area contributed by atoms with Crippen molar-refractivity contribution in [2.45, 2.75) is 38.7 Å². The molecule has 1 atom stereocenters. The summed E-state index contributed by atoms with van der Waals surface area (Å²) in [5.41, 5.74) is 0. The van der Waals surface area contributed by atoms with Crippen LogP contribution >= 0.6 is 0 Å². The van der Waals surface area contributed by atoms with Crippen LogP contribution in [0.5, 0.6) is 0 Å². The number of hydrogen-bond donors (Lipinski definition) is 1. The number of β-amino-alcohol motifs (C(OH)–C–C–N with tert-alkyl or cyclic N) is 1. The summed E-state index contributed by atoms with van der Waals surface area (Å²) < 4.78 is 0. The molecule has 2 saturated heterocycles. The zero-order chi connectivity index (χ0) is 12.3. The third kappa shape index (κ3) is 3.68. The minimum absolute atomic E-state index is 0.238. The molecule has 4 nitrogen and oxygen atoms in total. The van der Waals surface area contributed by atoms with E-state index in [1.807, 2.05) is 4.90 Å². The standard InChI is InChI=1S/C13H24N2O2/c1-11-4-7-15(8-5-11)13(17)10-14-6-2-3-12(16)9-14/h11-12,16H,2-10H2,1H3/t12-/m1/s1. The largest absolute Gasteiger partial charge is 0.392 e. The minimum Gasteiger partial charge on any atom is -0.392 e. The normalized spacial score (nSPS) is 28.4. The third-order valence-electron chi connectivity index (χ3n) is 3.98. The topological polar surface area (TPSA) is 43.8 Å². The maximum atomic E-state index is 12.1. The zero-order valence-electron chi connectivity index (χ0n) is 10.8. The van der Waals surface area contributed by atoms with E-state index in [9.17, 15) is 9.90 Å². The van der Waals surface area contributed by atoms with Crippen molar-refractivity contribution >= 4 is 5.91 Å². The Morgan fingerprint density at radius 1 is 1.24 bits per heavy atom. The van der Waals surface area contributed by atoms with Crippen LogP contribution in [-0.2, 0) is 4.79 Å². The summed E-state index contributed by atoms with van der Waals surface area (Å²) in [6, 6.07) is 0. The van der Waals surface area contributed by atoms with Gasteiger partial charge in [-0.25, -0.2) is 0 Å². The fourth-order valence-electron chi connectivity index (χ4n) is 2.72. The zero-order valence-corrected chi connectivity index (χ0v) is 10.8. The lowest BCUT2D eigenvalue weighted by atomic mass is 9.99. The van der Waals surface area contributed by atoms with Gasteiger partial charge in [-0.3, -0.25) is 9.69 Å². The molecule has 0 saturated carbocycles. The smallest absolute Gasteiger partial charge is 0.236 e. The van der Waals surface area contributed by atoms with E-state index in [1.165, 1.54) is 0 Å². The predicted molar refractivity (Wildman–Crippen MR) is 66.7 cm³/mol. The summed E-state index contributed by atoms with van der Waals surface area (Å²) in [5.74, 6) is 1.00. The van der Waals surface area contributed by atoms with Crippen LogP contribution in [0.1, 0.15) is 32.6 Å². The second-order valence-electron chi connectivity index (χ2n) is 5.59. The first-order valence-corrected chi connectivity index (χ1v) is 6.83. The third-order valence-corrected chi connectivity index (χ3v) is 3.98. The van der Waals surface area contributed by atoms with Gasteiger partial charge in [0, 0.05) is 19.6 Å². The fourth-order valence-corrected chi connectivity index (χ4v) is 2.72. The summed E-state index contributed by atoms with van der Waals surface area (Å²) in [5, 5.41) is 9.57. The molecule has 0 aliphatic carbocycles. The number of likely N-dealkylation sites (tertiary alicyclic amines) is 2. The van der Waals surface area contributed by atoms with Crippen molar-refractivity contribution in [2.24, 2.45) is 5.92 Å². The highest BCUT2D eigenvalue weighted by molar-refractivity contribution is 5.78. The highest BCUT2D eigenvalue weighted by Gasteiger charge is 2.24. The van der Waals surface area contributed by atoms with Crippen LogP contribution < -0.4 is 0 Å². The maximum Gasteiger partial charge on any atom is 0.236 e. The first kappa shape index (κ1) is 12.8. The van der Waals surface area contributed by atoms with Crippen molar-refractivity contribution in [1.82, 2.24) is 9.80 Å². The lowest BCUT2D eigenvalue weighted by molar-refractivity contribution is -0.134. The minimum atomic E-state index is -0.238. The number of rotatable bonds is 2. The molecule has 4 heteroatoms. The number of aliphatic hydroxyl groups is 1. The van der Waals surface area contributed by atoms with Crippen molar-refractivity contribution < 1.29 is 9.90 Å². The van der Waals surface area contributed by atoms with E-state index < -0.39 is 0 Å². The van der Waals surface area contributed by atoms with Crippen LogP contribution in [0.15, 0.2) is 0 Å². The van der Waals surface area contributed by atoms with Crippen molar-refractivity contribution in [1.29, 1.82) is 0 Å². The number of aliphatic hydroxyl groups excluding tert-OH is 1. The van der Waals surface area contributed by atoms with Crippen molar-refractivity contribution in [3.63, 3.8) is 0 Å². The van der Waals surface area contributed by atoms with Gasteiger partial charge in [0.05, 0.1) is 12.6 Å². The summed E-state index contributed by atoms with van der Waals surface area (Å²) in [4.78, 5) is 16.2. The Kier molecular flexibility index (Phi) is 4.40. The molecule has 2 aliphatic heterocycles.